The summed E-state index contributed by atoms with van der Waals surface area (Å²) in [7, 11) is 0. The van der Waals surface area contributed by atoms with Crippen LogP contribution in [0, 0.1) is 10.1 Å². The Labute approximate surface area is 116 Å². The van der Waals surface area contributed by atoms with Crippen molar-refractivity contribution in [2.45, 2.75) is 38.4 Å². The first-order chi connectivity index (χ1) is 8.87. The Morgan fingerprint density at radius 1 is 1.58 bits per heavy atom. The van der Waals surface area contributed by atoms with E-state index in [-0.39, 0.29) is 22.4 Å². The van der Waals surface area contributed by atoms with E-state index < -0.39 is 4.92 Å². The third-order valence-corrected chi connectivity index (χ3v) is 3.41. The lowest BCUT2D eigenvalue weighted by atomic mass is 10.1. The van der Waals surface area contributed by atoms with E-state index in [1.807, 2.05) is 0 Å². The molecule has 1 aromatic rings. The smallest absolute Gasteiger partial charge is 0.288 e. The summed E-state index contributed by atoms with van der Waals surface area (Å²) in [5.41, 5.74) is -0.214. The summed E-state index contributed by atoms with van der Waals surface area (Å²) in [4.78, 5) is 10.1. The van der Waals surface area contributed by atoms with Crippen LogP contribution < -0.4 is 4.74 Å². The Morgan fingerprint density at radius 2 is 2.32 bits per heavy atom. The number of hydrogen-bond acceptors (Lipinski definition) is 4. The average molecular weight is 286 g/mol. The molecule has 19 heavy (non-hydrogen) atoms. The van der Waals surface area contributed by atoms with Gasteiger partial charge in [-0.1, -0.05) is 11.6 Å². The molecule has 0 bridgehead atoms. The van der Waals surface area contributed by atoms with Gasteiger partial charge in [-0.3, -0.25) is 10.1 Å². The molecule has 1 aliphatic rings. The summed E-state index contributed by atoms with van der Waals surface area (Å²) in [6.07, 6.45) is 2.01. The molecule has 1 aliphatic heterocycles. The Bertz CT molecular complexity index is 490. The second-order valence-electron chi connectivity index (χ2n) is 5.22. The number of halogens is 1. The third kappa shape index (κ3) is 3.58. The molecule has 2 rings (SSSR count). The van der Waals surface area contributed by atoms with Crippen molar-refractivity contribution in [3.05, 3.63) is 33.3 Å². The highest BCUT2D eigenvalue weighted by Gasteiger charge is 2.31. The molecule has 1 aromatic carbocycles. The highest BCUT2D eigenvalue weighted by molar-refractivity contribution is 6.32. The van der Waals surface area contributed by atoms with Crippen molar-refractivity contribution in [3.8, 4) is 5.75 Å². The Kier molecular flexibility index (Phi) is 3.96. The van der Waals surface area contributed by atoms with Gasteiger partial charge in [-0.15, -0.1) is 0 Å². The maximum atomic E-state index is 10.6. The van der Waals surface area contributed by atoms with Crippen LogP contribution in [0.2, 0.25) is 5.02 Å². The SMILES string of the molecule is CC1(C)CCC(COc2ccc([N+](=O)[O-])c(Cl)c2)O1. The largest absolute Gasteiger partial charge is 0.491 e. The maximum absolute atomic E-state index is 10.6. The van der Waals surface area contributed by atoms with Gasteiger partial charge in [0.15, 0.2) is 0 Å². The summed E-state index contributed by atoms with van der Waals surface area (Å²) < 4.78 is 11.4. The van der Waals surface area contributed by atoms with E-state index >= 15 is 0 Å². The van der Waals surface area contributed by atoms with Gasteiger partial charge < -0.3 is 9.47 Å². The van der Waals surface area contributed by atoms with Gasteiger partial charge in [0.05, 0.1) is 16.6 Å². The zero-order chi connectivity index (χ0) is 14.0. The van der Waals surface area contributed by atoms with E-state index in [9.17, 15) is 10.1 Å². The molecular formula is C13H16ClNO4. The highest BCUT2D eigenvalue weighted by Crippen LogP contribution is 2.31. The predicted octanol–water partition coefficient (Wildman–Crippen LogP) is 3.58. The minimum absolute atomic E-state index is 0.0592. The molecule has 104 valence electrons. The Hall–Kier alpha value is -1.33. The number of nitrogens with zero attached hydrogens (tertiary/aromatic N) is 1. The van der Waals surface area contributed by atoms with Crippen LogP contribution in [0.3, 0.4) is 0 Å². The zero-order valence-electron chi connectivity index (χ0n) is 10.9. The van der Waals surface area contributed by atoms with Gasteiger partial charge >= 0.3 is 0 Å². The van der Waals surface area contributed by atoms with Crippen LogP contribution in [0.1, 0.15) is 26.7 Å². The fourth-order valence-electron chi connectivity index (χ4n) is 2.11. The van der Waals surface area contributed by atoms with Crippen LogP contribution in [0.5, 0.6) is 5.75 Å². The van der Waals surface area contributed by atoms with Gasteiger partial charge in [-0.05, 0) is 32.8 Å². The summed E-state index contributed by atoms with van der Waals surface area (Å²) in [6.45, 7) is 4.53. The van der Waals surface area contributed by atoms with Crippen molar-refractivity contribution in [1.29, 1.82) is 0 Å². The van der Waals surface area contributed by atoms with Crippen molar-refractivity contribution in [3.63, 3.8) is 0 Å². The summed E-state index contributed by atoms with van der Waals surface area (Å²) >= 11 is 5.81. The van der Waals surface area contributed by atoms with E-state index in [4.69, 9.17) is 21.1 Å². The topological polar surface area (TPSA) is 61.6 Å². The van der Waals surface area contributed by atoms with E-state index in [2.05, 4.69) is 13.8 Å². The second-order valence-corrected chi connectivity index (χ2v) is 5.63. The minimum Gasteiger partial charge on any atom is -0.491 e. The lowest BCUT2D eigenvalue weighted by Gasteiger charge is -2.19. The van der Waals surface area contributed by atoms with Gasteiger partial charge in [0, 0.05) is 12.1 Å². The normalized spacial score (nSPS) is 21.3. The van der Waals surface area contributed by atoms with Gasteiger partial charge in [-0.2, -0.15) is 0 Å². The monoisotopic (exact) mass is 285 g/mol. The molecule has 1 atom stereocenters. The Balaban J connectivity index is 1.94. The quantitative estimate of drug-likeness (QED) is 0.626. The van der Waals surface area contributed by atoms with Crippen molar-refractivity contribution in [1.82, 2.24) is 0 Å². The molecule has 0 radical (unpaired) electrons. The van der Waals surface area contributed by atoms with Crippen LogP contribution in [0.25, 0.3) is 0 Å². The third-order valence-electron chi connectivity index (χ3n) is 3.11. The second kappa shape index (κ2) is 5.35. The highest BCUT2D eigenvalue weighted by atomic mass is 35.5. The number of nitro groups is 1. The van der Waals surface area contributed by atoms with Crippen molar-refractivity contribution in [2.24, 2.45) is 0 Å². The molecule has 1 fully saturated rings. The first-order valence-corrected chi connectivity index (χ1v) is 6.50. The lowest BCUT2D eigenvalue weighted by Crippen LogP contribution is -2.23. The fourth-order valence-corrected chi connectivity index (χ4v) is 2.35. The molecule has 0 aliphatic carbocycles. The fraction of sp³-hybridized carbons (Fsp3) is 0.538. The summed E-state index contributed by atoms with van der Waals surface area (Å²) in [6, 6.07) is 4.35. The van der Waals surface area contributed by atoms with Gasteiger partial charge in [0.1, 0.15) is 17.4 Å². The molecule has 0 aromatic heterocycles. The van der Waals surface area contributed by atoms with Crippen molar-refractivity contribution >= 4 is 17.3 Å². The van der Waals surface area contributed by atoms with Gasteiger partial charge in [0.25, 0.3) is 5.69 Å². The summed E-state index contributed by atoms with van der Waals surface area (Å²) in [5, 5.41) is 10.7. The summed E-state index contributed by atoms with van der Waals surface area (Å²) in [5.74, 6) is 0.518. The number of rotatable bonds is 4. The molecule has 0 N–H and O–H groups in total. The van der Waals surface area contributed by atoms with E-state index in [1.54, 1.807) is 6.07 Å². The first-order valence-electron chi connectivity index (χ1n) is 6.12. The van der Waals surface area contributed by atoms with Gasteiger partial charge in [-0.25, -0.2) is 0 Å². The molecule has 1 unspecified atom stereocenters. The number of hydrogen-bond donors (Lipinski definition) is 0. The first kappa shape index (κ1) is 14.1. The van der Waals surface area contributed by atoms with Crippen LogP contribution in [0.4, 0.5) is 5.69 Å². The molecule has 0 amide bonds. The van der Waals surface area contributed by atoms with Crippen LogP contribution in [-0.2, 0) is 4.74 Å². The zero-order valence-corrected chi connectivity index (χ0v) is 11.6. The average Bonchev–Trinajstić information content (AvgIpc) is 2.66. The van der Waals surface area contributed by atoms with Crippen molar-refractivity contribution < 1.29 is 14.4 Å². The Morgan fingerprint density at radius 3 is 2.84 bits per heavy atom. The molecule has 6 heteroatoms. The standard InChI is InChI=1S/C13H16ClNO4/c1-13(2)6-5-10(19-13)8-18-9-3-4-12(15(16)17)11(14)7-9/h3-4,7,10H,5-6,8H2,1-2H3. The molecule has 1 saturated heterocycles. The van der Waals surface area contributed by atoms with E-state index in [1.165, 1.54) is 12.1 Å². The van der Waals surface area contributed by atoms with Gasteiger partial charge in [0.2, 0.25) is 0 Å². The number of nitro benzene ring substituents is 1. The van der Waals surface area contributed by atoms with Crippen LogP contribution >= 0.6 is 11.6 Å². The molecule has 1 heterocycles. The number of ether oxygens (including phenoxy) is 2. The van der Waals surface area contributed by atoms with E-state index in [0.717, 1.165) is 12.8 Å². The van der Waals surface area contributed by atoms with Crippen LogP contribution in [-0.4, -0.2) is 23.2 Å². The lowest BCUT2D eigenvalue weighted by molar-refractivity contribution is -0.384. The molecule has 0 spiro atoms. The minimum atomic E-state index is -0.519. The predicted molar refractivity (Wildman–Crippen MR) is 71.8 cm³/mol. The number of benzene rings is 1. The van der Waals surface area contributed by atoms with Crippen LogP contribution in [0.15, 0.2) is 18.2 Å². The maximum Gasteiger partial charge on any atom is 0.288 e. The van der Waals surface area contributed by atoms with Crippen molar-refractivity contribution in [2.75, 3.05) is 6.61 Å². The molecule has 5 nitrogen and oxygen atoms in total. The molecular weight excluding hydrogens is 270 g/mol. The van der Waals surface area contributed by atoms with E-state index in [0.29, 0.717) is 12.4 Å². The molecule has 0 saturated carbocycles.